The molecule has 1 aromatic heterocycles. The number of hydrogen-bond donors (Lipinski definition) is 3. The maximum absolute atomic E-state index is 13.6. The van der Waals surface area contributed by atoms with Crippen molar-refractivity contribution in [1.29, 1.82) is 0 Å². The average molecular weight is 574 g/mol. The van der Waals surface area contributed by atoms with Crippen LogP contribution in [0, 0.1) is 5.92 Å². The number of carbonyl (C=O) groups excluding carboxylic acids is 3. The maximum Gasteiger partial charge on any atom is 0.305 e. The van der Waals surface area contributed by atoms with Crippen LogP contribution < -0.4 is 5.32 Å². The van der Waals surface area contributed by atoms with E-state index in [2.05, 4.69) is 23.5 Å². The molecule has 8 nitrogen and oxygen atoms in total. The number of para-hydroxylation sites is 1. The van der Waals surface area contributed by atoms with Gasteiger partial charge in [-0.25, -0.2) is 0 Å². The lowest BCUT2D eigenvalue weighted by atomic mass is 9.97. The van der Waals surface area contributed by atoms with Crippen LogP contribution in [0.1, 0.15) is 49.7 Å². The van der Waals surface area contributed by atoms with Crippen molar-refractivity contribution < 1.29 is 24.2 Å². The number of carbonyl (C=O) groups is 3. The molecule has 0 aliphatic rings. The van der Waals surface area contributed by atoms with Gasteiger partial charge in [0.2, 0.25) is 11.8 Å². The van der Waals surface area contributed by atoms with Crippen molar-refractivity contribution in [3.8, 4) is 0 Å². The van der Waals surface area contributed by atoms with Crippen molar-refractivity contribution in [2.24, 2.45) is 5.92 Å². The molecule has 2 amide bonds. The molecule has 42 heavy (non-hydrogen) atoms. The summed E-state index contributed by atoms with van der Waals surface area (Å²) in [6, 6.07) is 16.9. The van der Waals surface area contributed by atoms with Gasteiger partial charge in [0.05, 0.1) is 18.6 Å². The number of esters is 1. The standard InChI is InChI=1S/C34H43N3O5/c1-3-5-6-10-18-33(40)42-25-29(21-28-23-35-31-17-12-11-16-30(28)31)36-34(41)27(13-4-2)22-32(39)37(19-20-38)24-26-14-8-7-9-15-26/h3-4,7-9,11-12,14-17,23,27,29,35,38H,1-2,5-6,10,13,18-22,24-25H2,(H,36,41). The number of fused-ring (bicyclic) bond motifs is 1. The smallest absolute Gasteiger partial charge is 0.305 e. The third kappa shape index (κ3) is 10.3. The van der Waals surface area contributed by atoms with E-state index in [4.69, 9.17) is 4.74 Å². The van der Waals surface area contributed by atoms with E-state index in [0.717, 1.165) is 34.9 Å². The molecule has 3 aromatic rings. The highest BCUT2D eigenvalue weighted by Gasteiger charge is 2.27. The first-order valence-corrected chi connectivity index (χ1v) is 14.6. The molecule has 0 fully saturated rings. The molecular weight excluding hydrogens is 530 g/mol. The summed E-state index contributed by atoms with van der Waals surface area (Å²) in [5, 5.41) is 13.7. The van der Waals surface area contributed by atoms with Crippen LogP contribution in [-0.4, -0.2) is 58.6 Å². The van der Waals surface area contributed by atoms with Crippen LogP contribution in [0.15, 0.2) is 86.1 Å². The second-order valence-corrected chi connectivity index (χ2v) is 10.4. The highest BCUT2D eigenvalue weighted by atomic mass is 16.5. The molecule has 0 aliphatic carbocycles. The molecule has 8 heteroatoms. The molecule has 0 saturated carbocycles. The average Bonchev–Trinajstić information content (AvgIpc) is 3.40. The predicted molar refractivity (Wildman–Crippen MR) is 165 cm³/mol. The largest absolute Gasteiger partial charge is 0.463 e. The number of aromatic amines is 1. The van der Waals surface area contributed by atoms with E-state index in [1.807, 2.05) is 66.9 Å². The lowest BCUT2D eigenvalue weighted by Crippen LogP contribution is -2.44. The van der Waals surface area contributed by atoms with Gasteiger partial charge in [-0.3, -0.25) is 14.4 Å². The number of hydrogen-bond acceptors (Lipinski definition) is 5. The Morgan fingerprint density at radius 1 is 1.02 bits per heavy atom. The second kappa shape index (κ2) is 17.6. The number of rotatable bonds is 19. The Morgan fingerprint density at radius 2 is 1.79 bits per heavy atom. The van der Waals surface area contributed by atoms with E-state index in [-0.39, 0.29) is 44.0 Å². The Hall–Kier alpha value is -4.17. The molecule has 0 saturated heterocycles. The topological polar surface area (TPSA) is 112 Å². The Kier molecular flexibility index (Phi) is 13.6. The molecule has 2 atom stereocenters. The number of unbranched alkanes of at least 4 members (excludes halogenated alkanes) is 2. The van der Waals surface area contributed by atoms with Crippen molar-refractivity contribution in [3.05, 3.63) is 97.2 Å². The van der Waals surface area contributed by atoms with E-state index in [1.54, 1.807) is 11.0 Å². The predicted octanol–water partition coefficient (Wildman–Crippen LogP) is 5.09. The Bertz CT molecular complexity index is 1300. The fraction of sp³-hybridized carbons (Fsp3) is 0.382. The quantitative estimate of drug-likeness (QED) is 0.105. The van der Waals surface area contributed by atoms with E-state index >= 15 is 0 Å². The molecule has 3 N–H and O–H groups in total. The highest BCUT2D eigenvalue weighted by molar-refractivity contribution is 5.86. The second-order valence-electron chi connectivity index (χ2n) is 10.4. The van der Waals surface area contributed by atoms with Crippen LogP contribution in [0.4, 0.5) is 0 Å². The molecule has 0 aliphatic heterocycles. The van der Waals surface area contributed by atoms with E-state index in [9.17, 15) is 19.5 Å². The van der Waals surface area contributed by atoms with Gasteiger partial charge >= 0.3 is 5.97 Å². The van der Waals surface area contributed by atoms with Crippen LogP contribution in [0.2, 0.25) is 0 Å². The lowest BCUT2D eigenvalue weighted by Gasteiger charge is -2.26. The van der Waals surface area contributed by atoms with Gasteiger partial charge in [0.25, 0.3) is 0 Å². The zero-order valence-electron chi connectivity index (χ0n) is 24.3. The number of aromatic nitrogens is 1. The first kappa shape index (κ1) is 32.3. The van der Waals surface area contributed by atoms with E-state index in [1.165, 1.54) is 0 Å². The number of nitrogens with one attached hydrogen (secondary N) is 2. The number of aliphatic hydroxyl groups is 1. The van der Waals surface area contributed by atoms with Crippen LogP contribution in [0.3, 0.4) is 0 Å². The summed E-state index contributed by atoms with van der Waals surface area (Å²) in [5.74, 6) is -1.50. The summed E-state index contributed by atoms with van der Waals surface area (Å²) < 4.78 is 5.59. The van der Waals surface area contributed by atoms with Crippen molar-refractivity contribution in [2.45, 2.75) is 57.5 Å². The van der Waals surface area contributed by atoms with Gasteiger partial charge in [0.1, 0.15) is 6.61 Å². The van der Waals surface area contributed by atoms with Crippen LogP contribution in [-0.2, 0) is 32.1 Å². The SMILES string of the molecule is C=CCCCCC(=O)OCC(Cc1c[nH]c2ccccc12)NC(=O)C(CC=C)CC(=O)N(CCO)Cc1ccccc1. The summed E-state index contributed by atoms with van der Waals surface area (Å²) in [6.45, 7) is 7.85. The number of H-pyrrole nitrogens is 1. The van der Waals surface area contributed by atoms with E-state index < -0.39 is 12.0 Å². The number of ether oxygens (including phenoxy) is 1. The fourth-order valence-electron chi connectivity index (χ4n) is 4.90. The minimum Gasteiger partial charge on any atom is -0.463 e. The number of benzene rings is 2. The van der Waals surface area contributed by atoms with Gasteiger partial charge in [-0.2, -0.15) is 0 Å². The summed E-state index contributed by atoms with van der Waals surface area (Å²) in [5.41, 5.74) is 2.91. The normalized spacial score (nSPS) is 12.3. The Balaban J connectivity index is 1.70. The summed E-state index contributed by atoms with van der Waals surface area (Å²) >= 11 is 0. The summed E-state index contributed by atoms with van der Waals surface area (Å²) in [4.78, 5) is 44.1. The third-order valence-corrected chi connectivity index (χ3v) is 7.15. The molecule has 224 valence electrons. The minimum atomic E-state index is -0.660. The van der Waals surface area contributed by atoms with E-state index in [0.29, 0.717) is 32.2 Å². The molecule has 0 bridgehead atoms. The molecule has 2 aromatic carbocycles. The van der Waals surface area contributed by atoms with Gasteiger partial charge in [0, 0.05) is 43.0 Å². The van der Waals surface area contributed by atoms with Gasteiger partial charge in [-0.15, -0.1) is 13.2 Å². The lowest BCUT2D eigenvalue weighted by molar-refractivity contribution is -0.145. The molecule has 0 radical (unpaired) electrons. The number of amides is 2. The molecule has 3 rings (SSSR count). The van der Waals surface area contributed by atoms with Crippen molar-refractivity contribution in [3.63, 3.8) is 0 Å². The number of aliphatic hydroxyl groups excluding tert-OH is 1. The number of nitrogens with zero attached hydrogens (tertiary/aromatic N) is 1. The monoisotopic (exact) mass is 573 g/mol. The van der Waals surface area contributed by atoms with Gasteiger partial charge < -0.3 is 25.0 Å². The molecule has 1 heterocycles. The maximum atomic E-state index is 13.6. The molecule has 0 spiro atoms. The summed E-state index contributed by atoms with van der Waals surface area (Å²) in [7, 11) is 0. The van der Waals surface area contributed by atoms with Gasteiger partial charge in [0.15, 0.2) is 0 Å². The van der Waals surface area contributed by atoms with Crippen LogP contribution in [0.5, 0.6) is 0 Å². The van der Waals surface area contributed by atoms with Gasteiger partial charge in [-0.05, 0) is 49.3 Å². The third-order valence-electron chi connectivity index (χ3n) is 7.15. The number of allylic oxidation sites excluding steroid dienone is 2. The zero-order chi connectivity index (χ0) is 30.2. The van der Waals surface area contributed by atoms with Crippen LogP contribution in [0.25, 0.3) is 10.9 Å². The van der Waals surface area contributed by atoms with Gasteiger partial charge in [-0.1, -0.05) is 60.7 Å². The van der Waals surface area contributed by atoms with Crippen molar-refractivity contribution in [2.75, 3.05) is 19.8 Å². The summed E-state index contributed by atoms with van der Waals surface area (Å²) in [6.07, 6.45) is 8.79. The van der Waals surface area contributed by atoms with Crippen molar-refractivity contribution >= 4 is 28.7 Å². The fourth-order valence-corrected chi connectivity index (χ4v) is 4.90. The Morgan fingerprint density at radius 3 is 2.52 bits per heavy atom. The molecular formula is C34H43N3O5. The zero-order valence-corrected chi connectivity index (χ0v) is 24.3. The first-order valence-electron chi connectivity index (χ1n) is 14.6. The minimum absolute atomic E-state index is 0.0188. The highest BCUT2D eigenvalue weighted by Crippen LogP contribution is 2.20. The van der Waals surface area contributed by atoms with Crippen LogP contribution >= 0.6 is 0 Å². The Labute approximate surface area is 248 Å². The first-order chi connectivity index (χ1) is 20.4. The van der Waals surface area contributed by atoms with Crippen molar-refractivity contribution in [1.82, 2.24) is 15.2 Å². The molecule has 2 unspecified atom stereocenters.